The van der Waals surface area contributed by atoms with Gasteiger partial charge in [0.1, 0.15) is 0 Å². The van der Waals surface area contributed by atoms with Crippen LogP contribution in [0, 0.1) is 0 Å². The van der Waals surface area contributed by atoms with Crippen molar-refractivity contribution in [1.29, 1.82) is 0 Å². The summed E-state index contributed by atoms with van der Waals surface area (Å²) >= 11 is 1.71. The van der Waals surface area contributed by atoms with E-state index in [1.54, 1.807) is 29.9 Å². The van der Waals surface area contributed by atoms with Gasteiger partial charge in [-0.1, -0.05) is 6.07 Å². The molecule has 21 heavy (non-hydrogen) atoms. The molecule has 3 nitrogen and oxygen atoms in total. The van der Waals surface area contributed by atoms with Gasteiger partial charge in [-0.2, -0.15) is 0 Å². The summed E-state index contributed by atoms with van der Waals surface area (Å²) in [6.45, 7) is 0. The van der Waals surface area contributed by atoms with Crippen molar-refractivity contribution in [2.75, 3.05) is 0 Å². The van der Waals surface area contributed by atoms with Gasteiger partial charge in [0, 0.05) is 29.5 Å². The molecule has 0 aliphatic heterocycles. The van der Waals surface area contributed by atoms with Gasteiger partial charge >= 0.3 is 0 Å². The van der Waals surface area contributed by atoms with E-state index in [1.807, 2.05) is 36.4 Å². The molecule has 0 aliphatic carbocycles. The van der Waals surface area contributed by atoms with Crippen molar-refractivity contribution in [3.05, 3.63) is 66.4 Å². The Kier molecular flexibility index (Phi) is 2.94. The van der Waals surface area contributed by atoms with Crippen molar-refractivity contribution in [3.63, 3.8) is 0 Å². The highest BCUT2D eigenvalue weighted by Gasteiger charge is 2.09. The van der Waals surface area contributed by atoms with Gasteiger partial charge in [-0.05, 0) is 42.0 Å². The van der Waals surface area contributed by atoms with Crippen LogP contribution in [-0.2, 0) is 0 Å². The van der Waals surface area contributed by atoms with Crippen LogP contribution in [0.25, 0.3) is 32.7 Å². The summed E-state index contributed by atoms with van der Waals surface area (Å²) in [4.78, 5) is 13.3. The van der Waals surface area contributed by atoms with Gasteiger partial charge in [-0.15, -0.1) is 11.3 Å². The Morgan fingerprint density at radius 1 is 0.810 bits per heavy atom. The number of pyridine rings is 3. The highest BCUT2D eigenvalue weighted by atomic mass is 32.1. The second-order valence-electron chi connectivity index (χ2n) is 4.64. The maximum atomic E-state index is 4.81. The molecule has 0 N–H and O–H groups in total. The second-order valence-corrected chi connectivity index (χ2v) is 5.55. The van der Waals surface area contributed by atoms with Crippen LogP contribution in [-0.4, -0.2) is 15.0 Å². The topological polar surface area (TPSA) is 38.7 Å². The van der Waals surface area contributed by atoms with Crippen LogP contribution in [0.4, 0.5) is 0 Å². The summed E-state index contributed by atoms with van der Waals surface area (Å²) in [5.74, 6) is 0. The molecule has 4 aromatic rings. The van der Waals surface area contributed by atoms with Crippen LogP contribution in [0.3, 0.4) is 0 Å². The monoisotopic (exact) mass is 289 g/mol. The fourth-order valence-corrected chi connectivity index (χ4v) is 3.21. The largest absolute Gasteiger partial charge is 0.265 e. The van der Waals surface area contributed by atoms with E-state index in [9.17, 15) is 0 Å². The van der Waals surface area contributed by atoms with E-state index >= 15 is 0 Å². The van der Waals surface area contributed by atoms with Gasteiger partial charge in [0.2, 0.25) is 0 Å². The minimum atomic E-state index is 0.895. The molecule has 0 aromatic carbocycles. The average molecular weight is 289 g/mol. The molecule has 100 valence electrons. The van der Waals surface area contributed by atoms with Crippen molar-refractivity contribution in [2.45, 2.75) is 0 Å². The molecule has 4 heterocycles. The van der Waals surface area contributed by atoms with Gasteiger partial charge in [0.05, 0.1) is 21.6 Å². The molecule has 4 rings (SSSR count). The number of rotatable bonds is 2. The zero-order valence-electron chi connectivity index (χ0n) is 11.1. The number of aromatic nitrogens is 3. The molecule has 0 unspecified atom stereocenters. The van der Waals surface area contributed by atoms with Gasteiger partial charge < -0.3 is 0 Å². The smallest absolute Gasteiger partial charge is 0.0896 e. The molecule has 0 saturated heterocycles. The molecule has 0 bridgehead atoms. The van der Waals surface area contributed by atoms with E-state index in [-0.39, 0.29) is 0 Å². The molecule has 0 fully saturated rings. The lowest BCUT2D eigenvalue weighted by molar-refractivity contribution is 1.28. The van der Waals surface area contributed by atoms with Crippen molar-refractivity contribution in [3.8, 4) is 22.5 Å². The summed E-state index contributed by atoms with van der Waals surface area (Å²) < 4.78 is 1.18. The van der Waals surface area contributed by atoms with E-state index in [1.165, 1.54) is 4.70 Å². The normalized spacial score (nSPS) is 10.9. The third-order valence-electron chi connectivity index (χ3n) is 3.34. The maximum Gasteiger partial charge on any atom is 0.0896 e. The summed E-state index contributed by atoms with van der Waals surface area (Å²) in [6, 6.07) is 14.0. The lowest BCUT2D eigenvalue weighted by atomic mass is 10.1. The fourth-order valence-electron chi connectivity index (χ4n) is 2.31. The Bertz CT molecular complexity index is 886. The van der Waals surface area contributed by atoms with Crippen LogP contribution in [0.2, 0.25) is 0 Å². The minimum Gasteiger partial charge on any atom is -0.265 e. The molecule has 4 aromatic heterocycles. The third-order valence-corrected chi connectivity index (χ3v) is 4.27. The van der Waals surface area contributed by atoms with E-state index in [0.29, 0.717) is 0 Å². The van der Waals surface area contributed by atoms with Crippen molar-refractivity contribution in [2.24, 2.45) is 0 Å². The highest BCUT2D eigenvalue weighted by molar-refractivity contribution is 7.17. The lowest BCUT2D eigenvalue weighted by Gasteiger charge is -2.02. The van der Waals surface area contributed by atoms with Gasteiger partial charge in [-0.25, -0.2) is 4.98 Å². The van der Waals surface area contributed by atoms with Crippen molar-refractivity contribution >= 4 is 21.6 Å². The van der Waals surface area contributed by atoms with E-state index in [2.05, 4.69) is 21.4 Å². The molecule has 0 aliphatic rings. The number of nitrogens with zero attached hydrogens (tertiary/aromatic N) is 3. The number of fused-ring (bicyclic) bond motifs is 1. The van der Waals surface area contributed by atoms with E-state index in [4.69, 9.17) is 4.98 Å². The van der Waals surface area contributed by atoms with Crippen LogP contribution >= 0.6 is 11.3 Å². The fraction of sp³-hybridized carbons (Fsp3) is 0. The number of thiophene rings is 1. The van der Waals surface area contributed by atoms with Crippen LogP contribution < -0.4 is 0 Å². The van der Waals surface area contributed by atoms with Crippen LogP contribution in [0.5, 0.6) is 0 Å². The summed E-state index contributed by atoms with van der Waals surface area (Å²) in [5, 5.41) is 2.15. The maximum absolute atomic E-state index is 4.81. The predicted molar refractivity (Wildman–Crippen MR) is 86.1 cm³/mol. The first-order chi connectivity index (χ1) is 10.4. The predicted octanol–water partition coefficient (Wildman–Crippen LogP) is 4.42. The molecule has 4 heteroatoms. The van der Waals surface area contributed by atoms with Crippen LogP contribution in [0.15, 0.2) is 66.4 Å². The first-order valence-corrected chi connectivity index (χ1v) is 7.50. The van der Waals surface area contributed by atoms with Crippen molar-refractivity contribution < 1.29 is 0 Å². The Morgan fingerprint density at radius 3 is 2.52 bits per heavy atom. The standard InChI is InChI=1S/C17H11N3S/c1-2-8-19-14(3-1)15-4-5-16-17(20-15)13(11-21-16)12-6-9-18-10-7-12/h1-11H. The quantitative estimate of drug-likeness (QED) is 0.548. The minimum absolute atomic E-state index is 0.895. The Hall–Kier alpha value is -2.59. The summed E-state index contributed by atoms with van der Waals surface area (Å²) in [7, 11) is 0. The summed E-state index contributed by atoms with van der Waals surface area (Å²) in [6.07, 6.45) is 5.40. The molecule has 0 amide bonds. The van der Waals surface area contributed by atoms with Gasteiger partial charge in [0.25, 0.3) is 0 Å². The second kappa shape index (κ2) is 5.07. The third kappa shape index (κ3) is 2.19. The zero-order valence-corrected chi connectivity index (χ0v) is 11.9. The SMILES string of the molecule is c1ccc(-c2ccc3scc(-c4ccncc4)c3n2)nc1. The van der Waals surface area contributed by atoms with Crippen molar-refractivity contribution in [1.82, 2.24) is 15.0 Å². The zero-order chi connectivity index (χ0) is 14.1. The van der Waals surface area contributed by atoms with E-state index in [0.717, 1.165) is 28.0 Å². The molecule has 0 saturated carbocycles. The summed E-state index contributed by atoms with van der Waals surface area (Å²) in [5.41, 5.74) is 5.11. The van der Waals surface area contributed by atoms with Gasteiger partial charge in [-0.3, -0.25) is 9.97 Å². The average Bonchev–Trinajstić information content (AvgIpc) is 2.99. The molecular formula is C17H11N3S. The number of hydrogen-bond donors (Lipinski definition) is 0. The lowest BCUT2D eigenvalue weighted by Crippen LogP contribution is -1.87. The van der Waals surface area contributed by atoms with Gasteiger partial charge in [0.15, 0.2) is 0 Å². The number of hydrogen-bond acceptors (Lipinski definition) is 4. The first-order valence-electron chi connectivity index (χ1n) is 6.62. The Labute approximate surface area is 126 Å². The Balaban J connectivity index is 1.91. The molecule has 0 spiro atoms. The molecule has 0 radical (unpaired) electrons. The Morgan fingerprint density at radius 2 is 1.71 bits per heavy atom. The highest BCUT2D eigenvalue weighted by Crippen LogP contribution is 2.33. The molecule has 0 atom stereocenters. The van der Waals surface area contributed by atoms with Crippen LogP contribution in [0.1, 0.15) is 0 Å². The first kappa shape index (κ1) is 12.2. The van der Waals surface area contributed by atoms with E-state index < -0.39 is 0 Å². The molecular weight excluding hydrogens is 278 g/mol.